The van der Waals surface area contributed by atoms with Crippen LogP contribution in [-0.2, 0) is 0 Å². The second-order valence-electron chi connectivity index (χ2n) is 6.01. The zero-order chi connectivity index (χ0) is 17.1. The van der Waals surface area contributed by atoms with E-state index in [1.54, 1.807) is 7.11 Å². The van der Waals surface area contributed by atoms with E-state index < -0.39 is 0 Å². The molecule has 0 fully saturated rings. The average molecular weight is 325 g/mol. The van der Waals surface area contributed by atoms with Crippen LogP contribution in [0.25, 0.3) is 16.8 Å². The van der Waals surface area contributed by atoms with Crippen LogP contribution < -0.4 is 10.1 Å². The number of likely N-dealkylation sites (N-methyl/N-ethyl adjacent to an activating group) is 1. The van der Waals surface area contributed by atoms with Crippen LogP contribution in [0.3, 0.4) is 0 Å². The van der Waals surface area contributed by atoms with E-state index in [2.05, 4.69) is 34.4 Å². The van der Waals surface area contributed by atoms with Crippen molar-refractivity contribution >= 4 is 11.5 Å². The second kappa shape index (κ2) is 6.88. The van der Waals surface area contributed by atoms with Crippen LogP contribution >= 0.6 is 0 Å². The summed E-state index contributed by atoms with van der Waals surface area (Å²) in [6.07, 6.45) is 1.84. The maximum absolute atomic E-state index is 5.48. The second-order valence-corrected chi connectivity index (χ2v) is 6.01. The van der Waals surface area contributed by atoms with Gasteiger partial charge in [0.15, 0.2) is 5.65 Å². The highest BCUT2D eigenvalue weighted by Gasteiger charge is 2.14. The van der Waals surface area contributed by atoms with E-state index in [9.17, 15) is 0 Å². The number of hydrogen-bond acceptors (Lipinski definition) is 5. The van der Waals surface area contributed by atoms with E-state index in [1.165, 1.54) is 0 Å². The van der Waals surface area contributed by atoms with E-state index in [4.69, 9.17) is 4.74 Å². The van der Waals surface area contributed by atoms with Gasteiger partial charge in [0.1, 0.15) is 11.6 Å². The molecule has 24 heavy (non-hydrogen) atoms. The molecule has 0 unspecified atom stereocenters. The van der Waals surface area contributed by atoms with E-state index in [0.29, 0.717) is 0 Å². The van der Waals surface area contributed by atoms with Gasteiger partial charge >= 0.3 is 0 Å². The maximum Gasteiger partial charge on any atom is 0.165 e. The fourth-order valence-corrected chi connectivity index (χ4v) is 2.67. The van der Waals surface area contributed by atoms with Gasteiger partial charge in [-0.15, -0.1) is 0 Å². The van der Waals surface area contributed by atoms with Crippen LogP contribution in [0.15, 0.2) is 36.5 Å². The molecule has 2 aromatic heterocycles. The molecule has 0 saturated heterocycles. The topological polar surface area (TPSA) is 54.7 Å². The fourth-order valence-electron chi connectivity index (χ4n) is 2.67. The first-order chi connectivity index (χ1) is 11.6. The number of aromatic nitrogens is 3. The highest BCUT2D eigenvalue weighted by molar-refractivity contribution is 5.82. The molecule has 0 atom stereocenters. The number of methoxy groups -OCH3 is 1. The SMILES string of the molecule is COc1ccccc1-c1cnn2c(NCCN(C)C)cc(C)nc12. The Morgan fingerprint density at radius 2 is 2.00 bits per heavy atom. The molecule has 0 aliphatic heterocycles. The van der Waals surface area contributed by atoms with Crippen molar-refractivity contribution < 1.29 is 4.74 Å². The molecule has 0 aliphatic rings. The molecule has 6 heteroatoms. The van der Waals surface area contributed by atoms with E-state index in [-0.39, 0.29) is 0 Å². The summed E-state index contributed by atoms with van der Waals surface area (Å²) in [7, 11) is 5.79. The number of ether oxygens (including phenoxy) is 1. The fraction of sp³-hybridized carbons (Fsp3) is 0.333. The number of nitrogens with zero attached hydrogens (tertiary/aromatic N) is 4. The molecule has 3 rings (SSSR count). The molecule has 3 aromatic rings. The van der Waals surface area contributed by atoms with Gasteiger partial charge in [-0.2, -0.15) is 9.61 Å². The molecule has 0 amide bonds. The number of benzene rings is 1. The van der Waals surface area contributed by atoms with Gasteiger partial charge in [0.05, 0.1) is 18.9 Å². The van der Waals surface area contributed by atoms with Gasteiger partial charge < -0.3 is 15.0 Å². The highest BCUT2D eigenvalue weighted by Crippen LogP contribution is 2.32. The quantitative estimate of drug-likeness (QED) is 0.755. The van der Waals surface area contributed by atoms with Crippen LogP contribution in [0.2, 0.25) is 0 Å². The normalized spacial score (nSPS) is 11.2. The van der Waals surface area contributed by atoms with Gasteiger partial charge in [0.2, 0.25) is 0 Å². The van der Waals surface area contributed by atoms with Crippen LogP contribution in [0.1, 0.15) is 5.69 Å². The Labute approximate surface area is 142 Å². The number of para-hydroxylation sites is 1. The first-order valence-electron chi connectivity index (χ1n) is 7.97. The summed E-state index contributed by atoms with van der Waals surface area (Å²) in [5.41, 5.74) is 3.73. The third kappa shape index (κ3) is 3.19. The van der Waals surface area contributed by atoms with Gasteiger partial charge in [-0.1, -0.05) is 18.2 Å². The summed E-state index contributed by atoms with van der Waals surface area (Å²) >= 11 is 0. The third-order valence-corrected chi connectivity index (χ3v) is 3.86. The van der Waals surface area contributed by atoms with E-state index in [1.807, 2.05) is 48.0 Å². The number of nitrogens with one attached hydrogen (secondary N) is 1. The molecular formula is C18H23N5O. The summed E-state index contributed by atoms with van der Waals surface area (Å²) in [4.78, 5) is 6.83. The van der Waals surface area contributed by atoms with Crippen LogP contribution in [0.5, 0.6) is 5.75 Å². The van der Waals surface area contributed by atoms with Gasteiger partial charge in [0.25, 0.3) is 0 Å². The Balaban J connectivity index is 2.04. The molecule has 0 spiro atoms. The summed E-state index contributed by atoms with van der Waals surface area (Å²) in [5.74, 6) is 1.76. The number of anilines is 1. The predicted molar refractivity (Wildman–Crippen MR) is 96.8 cm³/mol. The lowest BCUT2D eigenvalue weighted by molar-refractivity contribution is 0.416. The number of fused-ring (bicyclic) bond motifs is 1. The van der Waals surface area contributed by atoms with Crippen molar-refractivity contribution in [1.29, 1.82) is 0 Å². The van der Waals surface area contributed by atoms with Crippen molar-refractivity contribution in [1.82, 2.24) is 19.5 Å². The molecule has 0 saturated carbocycles. The number of aryl methyl sites for hydroxylation is 1. The standard InChI is InChI=1S/C18H23N5O/c1-13-11-17(19-9-10-22(2)3)23-18(21-13)15(12-20-23)14-7-5-6-8-16(14)24-4/h5-8,11-12,19H,9-10H2,1-4H3. The Morgan fingerprint density at radius 1 is 1.21 bits per heavy atom. The maximum atomic E-state index is 5.48. The van der Waals surface area contributed by atoms with Crippen LogP contribution in [-0.4, -0.2) is 53.8 Å². The highest BCUT2D eigenvalue weighted by atomic mass is 16.5. The zero-order valence-electron chi connectivity index (χ0n) is 14.6. The van der Waals surface area contributed by atoms with Crippen molar-refractivity contribution in [3.05, 3.63) is 42.2 Å². The Morgan fingerprint density at radius 3 is 2.75 bits per heavy atom. The van der Waals surface area contributed by atoms with E-state index in [0.717, 1.165) is 47.1 Å². The molecule has 126 valence electrons. The summed E-state index contributed by atoms with van der Waals surface area (Å²) < 4.78 is 7.34. The van der Waals surface area contributed by atoms with Crippen molar-refractivity contribution in [3.63, 3.8) is 0 Å². The molecular weight excluding hydrogens is 302 g/mol. The summed E-state index contributed by atoms with van der Waals surface area (Å²) in [6, 6.07) is 9.94. The molecule has 1 N–H and O–H groups in total. The summed E-state index contributed by atoms with van der Waals surface area (Å²) in [6.45, 7) is 3.79. The molecule has 2 heterocycles. The Kier molecular flexibility index (Phi) is 4.66. The van der Waals surface area contributed by atoms with Crippen molar-refractivity contribution in [2.45, 2.75) is 6.92 Å². The molecule has 6 nitrogen and oxygen atoms in total. The molecule has 0 radical (unpaired) electrons. The Hall–Kier alpha value is -2.60. The van der Waals surface area contributed by atoms with Gasteiger partial charge in [0, 0.05) is 30.4 Å². The summed E-state index contributed by atoms with van der Waals surface area (Å²) in [5, 5.41) is 7.97. The first kappa shape index (κ1) is 16.3. The smallest absolute Gasteiger partial charge is 0.165 e. The monoisotopic (exact) mass is 325 g/mol. The molecule has 0 bridgehead atoms. The van der Waals surface area contributed by atoms with Gasteiger partial charge in [-0.3, -0.25) is 0 Å². The predicted octanol–water partition coefficient (Wildman–Crippen LogP) is 2.69. The lowest BCUT2D eigenvalue weighted by Gasteiger charge is -2.13. The van der Waals surface area contributed by atoms with Gasteiger partial charge in [-0.25, -0.2) is 4.98 Å². The Bertz CT molecular complexity index is 841. The van der Waals surface area contributed by atoms with Crippen molar-refractivity contribution in [2.75, 3.05) is 39.6 Å². The zero-order valence-corrected chi connectivity index (χ0v) is 14.6. The minimum Gasteiger partial charge on any atom is -0.496 e. The minimum atomic E-state index is 0.817. The largest absolute Gasteiger partial charge is 0.496 e. The molecule has 1 aromatic carbocycles. The molecule has 0 aliphatic carbocycles. The van der Waals surface area contributed by atoms with E-state index >= 15 is 0 Å². The van der Waals surface area contributed by atoms with Crippen LogP contribution in [0, 0.1) is 6.92 Å². The first-order valence-corrected chi connectivity index (χ1v) is 7.97. The van der Waals surface area contributed by atoms with Crippen molar-refractivity contribution in [2.24, 2.45) is 0 Å². The lowest BCUT2D eigenvalue weighted by atomic mass is 10.1. The van der Waals surface area contributed by atoms with Crippen molar-refractivity contribution in [3.8, 4) is 16.9 Å². The average Bonchev–Trinajstić information content (AvgIpc) is 2.98. The third-order valence-electron chi connectivity index (χ3n) is 3.86. The van der Waals surface area contributed by atoms with Gasteiger partial charge in [-0.05, 0) is 27.1 Å². The lowest BCUT2D eigenvalue weighted by Crippen LogP contribution is -2.21. The van der Waals surface area contributed by atoms with Crippen LogP contribution in [0.4, 0.5) is 5.82 Å². The number of hydrogen-bond donors (Lipinski definition) is 1. The number of rotatable bonds is 6. The minimum absolute atomic E-state index is 0.817.